The van der Waals surface area contributed by atoms with Crippen LogP contribution >= 0.6 is 15.9 Å². The molecule has 5 rings (SSSR count). The number of aryl methyl sites for hydroxylation is 1. The van der Waals surface area contributed by atoms with E-state index in [9.17, 15) is 9.90 Å². The first-order chi connectivity index (χ1) is 15.9. The first-order valence-electron chi connectivity index (χ1n) is 10.7. The average Bonchev–Trinajstić information content (AvgIpc) is 3.27. The summed E-state index contributed by atoms with van der Waals surface area (Å²) in [7, 11) is 3.66. The number of pyridine rings is 1. The quantitative estimate of drug-likeness (QED) is 0.421. The molecule has 7 heteroatoms. The number of halogens is 1. The molecule has 1 amide bonds. The molecule has 33 heavy (non-hydrogen) atoms. The molecule has 2 aromatic carbocycles. The third-order valence-corrected chi connectivity index (χ3v) is 6.90. The van der Waals surface area contributed by atoms with Crippen LogP contribution in [-0.4, -0.2) is 32.6 Å². The summed E-state index contributed by atoms with van der Waals surface area (Å²) in [5, 5.41) is 12.3. The van der Waals surface area contributed by atoms with Crippen molar-refractivity contribution in [3.63, 3.8) is 0 Å². The van der Waals surface area contributed by atoms with Crippen LogP contribution in [0.15, 0.2) is 84.0 Å². The Balaban J connectivity index is 1.75. The molecule has 0 fully saturated rings. The summed E-state index contributed by atoms with van der Waals surface area (Å²) >= 11 is 3.43. The predicted octanol–water partition coefficient (Wildman–Crippen LogP) is 4.36. The lowest BCUT2D eigenvalue weighted by Crippen LogP contribution is -2.35. The van der Waals surface area contributed by atoms with Gasteiger partial charge in [-0.15, -0.1) is 0 Å². The summed E-state index contributed by atoms with van der Waals surface area (Å²) in [5.74, 6) is -0.0196. The van der Waals surface area contributed by atoms with E-state index in [1.807, 2.05) is 72.3 Å². The van der Waals surface area contributed by atoms with Gasteiger partial charge in [0.2, 0.25) is 5.91 Å². The van der Waals surface area contributed by atoms with Gasteiger partial charge in [0.05, 0.1) is 18.2 Å². The largest absolute Gasteiger partial charge is 0.374 e. The second kappa shape index (κ2) is 8.24. The fourth-order valence-corrected chi connectivity index (χ4v) is 5.06. The lowest BCUT2D eigenvalue weighted by molar-refractivity contribution is -0.118. The number of carbonyl (C=O) groups is 1. The van der Waals surface area contributed by atoms with Gasteiger partial charge in [-0.25, -0.2) is 9.97 Å². The summed E-state index contributed by atoms with van der Waals surface area (Å²) in [4.78, 5) is 23.0. The van der Waals surface area contributed by atoms with E-state index in [0.717, 1.165) is 16.8 Å². The van der Waals surface area contributed by atoms with Crippen LogP contribution < -0.4 is 4.90 Å². The number of carbonyl (C=O) groups excluding carboxylic acids is 1. The molecule has 0 spiro atoms. The van der Waals surface area contributed by atoms with E-state index in [1.165, 1.54) is 0 Å². The highest BCUT2D eigenvalue weighted by molar-refractivity contribution is 9.10. The predicted molar refractivity (Wildman–Crippen MR) is 130 cm³/mol. The second-order valence-electron chi connectivity index (χ2n) is 8.36. The molecule has 1 aliphatic heterocycles. The van der Waals surface area contributed by atoms with Crippen LogP contribution in [0.5, 0.6) is 0 Å². The number of imidazole rings is 1. The van der Waals surface area contributed by atoms with Crippen LogP contribution in [0, 0.1) is 0 Å². The topological polar surface area (TPSA) is 71.2 Å². The zero-order valence-corrected chi connectivity index (χ0v) is 19.9. The highest BCUT2D eigenvalue weighted by Gasteiger charge is 2.39. The normalized spacial score (nSPS) is 17.5. The molecule has 0 bridgehead atoms. The molecule has 0 aliphatic carbocycles. The van der Waals surface area contributed by atoms with Crippen molar-refractivity contribution >= 4 is 27.5 Å². The van der Waals surface area contributed by atoms with Crippen molar-refractivity contribution in [3.05, 3.63) is 112 Å². The van der Waals surface area contributed by atoms with Crippen molar-refractivity contribution in [2.75, 3.05) is 11.9 Å². The minimum Gasteiger partial charge on any atom is -0.374 e. The number of nitrogens with zero attached hydrogens (tertiary/aromatic N) is 4. The summed E-state index contributed by atoms with van der Waals surface area (Å²) in [5.41, 5.74) is 3.48. The zero-order valence-electron chi connectivity index (χ0n) is 18.3. The summed E-state index contributed by atoms with van der Waals surface area (Å²) < 4.78 is 2.45. The van der Waals surface area contributed by atoms with Gasteiger partial charge in [-0.2, -0.15) is 0 Å². The fraction of sp³-hybridized carbons (Fsp3) is 0.192. The second-order valence-corrected chi connectivity index (χ2v) is 9.17. The smallest absolute Gasteiger partial charge is 0.227 e. The molecule has 0 radical (unpaired) electrons. The van der Waals surface area contributed by atoms with Crippen LogP contribution in [0.4, 0.5) is 5.69 Å². The first-order valence-corrected chi connectivity index (χ1v) is 11.5. The van der Waals surface area contributed by atoms with Gasteiger partial charge in [0.1, 0.15) is 4.60 Å². The summed E-state index contributed by atoms with van der Waals surface area (Å²) in [6.07, 6.45) is 5.40. The van der Waals surface area contributed by atoms with Crippen molar-refractivity contribution in [1.82, 2.24) is 14.5 Å². The monoisotopic (exact) mass is 502 g/mol. The molecule has 1 aliphatic rings. The highest BCUT2D eigenvalue weighted by Crippen LogP contribution is 2.44. The zero-order chi connectivity index (χ0) is 23.2. The van der Waals surface area contributed by atoms with Gasteiger partial charge in [-0.05, 0) is 62.4 Å². The molecule has 2 unspecified atom stereocenters. The van der Waals surface area contributed by atoms with E-state index in [1.54, 1.807) is 30.7 Å². The number of aliphatic hydroxyl groups is 1. The summed E-state index contributed by atoms with van der Waals surface area (Å²) in [6.45, 7) is 0. The Morgan fingerprint density at radius 1 is 1.06 bits per heavy atom. The van der Waals surface area contributed by atoms with Gasteiger partial charge in [0.25, 0.3) is 0 Å². The van der Waals surface area contributed by atoms with Crippen LogP contribution in [0.25, 0.3) is 0 Å². The standard InChI is InChI=1S/C26H23BrN4O2/c1-30-16-28-15-23(30)26(33,19-10-11-29-24(27)13-19)18-8-9-22-21(12-18)20(14-25(32)31(22)2)17-6-4-3-5-7-17/h3-13,15-16,20,33H,14H2,1-2H3. The van der Waals surface area contributed by atoms with E-state index in [4.69, 9.17) is 0 Å². The molecule has 2 atom stereocenters. The van der Waals surface area contributed by atoms with Crippen molar-refractivity contribution in [2.45, 2.75) is 17.9 Å². The van der Waals surface area contributed by atoms with Crippen molar-refractivity contribution in [3.8, 4) is 0 Å². The van der Waals surface area contributed by atoms with E-state index in [0.29, 0.717) is 27.8 Å². The van der Waals surface area contributed by atoms with E-state index >= 15 is 0 Å². The Morgan fingerprint density at radius 3 is 2.52 bits per heavy atom. The van der Waals surface area contributed by atoms with E-state index in [2.05, 4.69) is 25.9 Å². The van der Waals surface area contributed by atoms with Gasteiger partial charge in [-0.3, -0.25) is 4.79 Å². The van der Waals surface area contributed by atoms with Crippen molar-refractivity contribution in [2.24, 2.45) is 7.05 Å². The Morgan fingerprint density at radius 2 is 1.82 bits per heavy atom. The van der Waals surface area contributed by atoms with Crippen LogP contribution in [-0.2, 0) is 17.4 Å². The Hall–Kier alpha value is -3.29. The molecule has 0 saturated carbocycles. The van der Waals surface area contributed by atoms with Gasteiger partial charge < -0.3 is 14.6 Å². The Kier molecular flexibility index (Phi) is 5.38. The molecule has 6 nitrogen and oxygen atoms in total. The average molecular weight is 503 g/mol. The SMILES string of the molecule is CN1C(=O)CC(c2ccccc2)c2cc(C(O)(c3ccnc(Br)c3)c3cncn3C)ccc21. The maximum Gasteiger partial charge on any atom is 0.227 e. The molecule has 166 valence electrons. The van der Waals surface area contributed by atoms with E-state index in [-0.39, 0.29) is 11.8 Å². The Labute approximate surface area is 200 Å². The molecule has 2 aromatic heterocycles. The van der Waals surface area contributed by atoms with Gasteiger partial charge >= 0.3 is 0 Å². The lowest BCUT2D eigenvalue weighted by Gasteiger charge is -2.35. The number of amides is 1. The third-order valence-electron chi connectivity index (χ3n) is 6.47. The molecule has 0 saturated heterocycles. The van der Waals surface area contributed by atoms with Gasteiger partial charge in [0, 0.05) is 38.3 Å². The van der Waals surface area contributed by atoms with Crippen molar-refractivity contribution in [1.29, 1.82) is 0 Å². The minimum absolute atomic E-state index is 0.0732. The van der Waals surface area contributed by atoms with E-state index < -0.39 is 5.60 Å². The minimum atomic E-state index is -1.47. The highest BCUT2D eigenvalue weighted by atomic mass is 79.9. The van der Waals surface area contributed by atoms with Crippen LogP contribution in [0.2, 0.25) is 0 Å². The molecule has 4 aromatic rings. The number of fused-ring (bicyclic) bond motifs is 1. The molecule has 1 N–H and O–H groups in total. The third kappa shape index (κ3) is 3.57. The number of hydrogen-bond donors (Lipinski definition) is 1. The number of aromatic nitrogens is 3. The summed E-state index contributed by atoms with van der Waals surface area (Å²) in [6, 6.07) is 19.5. The number of hydrogen-bond acceptors (Lipinski definition) is 4. The number of benzene rings is 2. The Bertz CT molecular complexity index is 1340. The maximum absolute atomic E-state index is 12.8. The number of rotatable bonds is 4. The molecular formula is C26H23BrN4O2. The van der Waals surface area contributed by atoms with Crippen LogP contribution in [0.1, 0.15) is 40.3 Å². The lowest BCUT2D eigenvalue weighted by atomic mass is 9.78. The molecular weight excluding hydrogens is 480 g/mol. The fourth-order valence-electron chi connectivity index (χ4n) is 4.70. The van der Waals surface area contributed by atoms with Gasteiger partial charge in [0.15, 0.2) is 5.60 Å². The van der Waals surface area contributed by atoms with Crippen molar-refractivity contribution < 1.29 is 9.90 Å². The van der Waals surface area contributed by atoms with Gasteiger partial charge in [-0.1, -0.05) is 36.4 Å². The first kappa shape index (κ1) is 21.6. The van der Waals surface area contributed by atoms with Crippen LogP contribution in [0.3, 0.4) is 0 Å². The molecule has 3 heterocycles. The maximum atomic E-state index is 12.8. The number of anilines is 1.